The minimum absolute atomic E-state index is 0.168. The molecule has 102 valence electrons. The molecule has 0 saturated heterocycles. The van der Waals surface area contributed by atoms with Crippen molar-refractivity contribution in [2.24, 2.45) is 0 Å². The summed E-state index contributed by atoms with van der Waals surface area (Å²) in [6.07, 6.45) is 0.433. The van der Waals surface area contributed by atoms with Crippen LogP contribution in [0.15, 0.2) is 22.7 Å². The van der Waals surface area contributed by atoms with Crippen molar-refractivity contribution in [1.29, 1.82) is 0 Å². The summed E-state index contributed by atoms with van der Waals surface area (Å²) >= 11 is 3.27. The fourth-order valence-electron chi connectivity index (χ4n) is 1.33. The zero-order valence-corrected chi connectivity index (χ0v) is 12.2. The predicted molar refractivity (Wildman–Crippen MR) is 71.3 cm³/mol. The van der Waals surface area contributed by atoms with Gasteiger partial charge in [0, 0.05) is 17.7 Å². The van der Waals surface area contributed by atoms with Gasteiger partial charge in [-0.3, -0.25) is 0 Å². The van der Waals surface area contributed by atoms with Gasteiger partial charge in [-0.25, -0.2) is 4.39 Å². The topological polar surface area (TPSA) is 27.7 Å². The number of halogens is 2. The minimum Gasteiger partial charge on any atom is -0.485 e. The molecule has 0 amide bonds. The molecule has 1 atom stereocenters. The summed E-state index contributed by atoms with van der Waals surface area (Å²) in [7, 11) is 0. The highest BCUT2D eigenvalue weighted by Crippen LogP contribution is 2.22. The molecule has 5 heteroatoms. The minimum atomic E-state index is -0.465. The molecule has 0 aliphatic carbocycles. The lowest BCUT2D eigenvalue weighted by molar-refractivity contribution is -0.155. The Bertz CT molecular complexity index is 360. The quantitative estimate of drug-likeness (QED) is 0.683. The summed E-state index contributed by atoms with van der Waals surface area (Å²) in [5.41, 5.74) is 0. The lowest BCUT2D eigenvalue weighted by Crippen LogP contribution is -2.25. The maximum atomic E-state index is 13.4. The summed E-state index contributed by atoms with van der Waals surface area (Å²) < 4.78 is 30.4. The van der Waals surface area contributed by atoms with E-state index < -0.39 is 12.1 Å². The molecule has 1 aromatic carbocycles. The third kappa shape index (κ3) is 5.33. The second kappa shape index (κ2) is 8.45. The van der Waals surface area contributed by atoms with E-state index in [0.29, 0.717) is 13.2 Å². The summed E-state index contributed by atoms with van der Waals surface area (Å²) in [5, 5.41) is 0. The molecule has 0 aliphatic rings. The molecular formula is C13H18BrFO3. The van der Waals surface area contributed by atoms with Gasteiger partial charge in [0.05, 0.1) is 0 Å². The zero-order valence-electron chi connectivity index (χ0n) is 10.6. The summed E-state index contributed by atoms with van der Waals surface area (Å²) in [4.78, 5) is 0. The lowest BCUT2D eigenvalue weighted by Gasteiger charge is -2.18. The average Bonchev–Trinajstić information content (AvgIpc) is 2.36. The number of hydrogen-bond donors (Lipinski definition) is 0. The third-order valence-corrected chi connectivity index (χ3v) is 2.62. The molecule has 0 fully saturated rings. The first-order valence-electron chi connectivity index (χ1n) is 5.98. The SMILES string of the molecule is CCCOC(COc1cc(Br)ccc1F)OCC. The van der Waals surface area contributed by atoms with E-state index >= 15 is 0 Å². The van der Waals surface area contributed by atoms with E-state index in [9.17, 15) is 4.39 Å². The van der Waals surface area contributed by atoms with Crippen molar-refractivity contribution in [3.8, 4) is 5.75 Å². The van der Waals surface area contributed by atoms with E-state index in [1.54, 1.807) is 12.1 Å². The number of ether oxygens (including phenoxy) is 3. The molecule has 18 heavy (non-hydrogen) atoms. The van der Waals surface area contributed by atoms with Gasteiger partial charge in [-0.1, -0.05) is 22.9 Å². The second-order valence-corrected chi connectivity index (χ2v) is 4.56. The van der Waals surface area contributed by atoms with Gasteiger partial charge >= 0.3 is 0 Å². The highest BCUT2D eigenvalue weighted by Gasteiger charge is 2.11. The van der Waals surface area contributed by atoms with Crippen LogP contribution in [0, 0.1) is 5.82 Å². The molecule has 1 aromatic rings. The van der Waals surface area contributed by atoms with Crippen LogP contribution in [0.25, 0.3) is 0 Å². The molecule has 0 aromatic heterocycles. The number of benzene rings is 1. The molecule has 0 aliphatic heterocycles. The second-order valence-electron chi connectivity index (χ2n) is 3.64. The van der Waals surface area contributed by atoms with Crippen molar-refractivity contribution in [2.75, 3.05) is 19.8 Å². The molecule has 3 nitrogen and oxygen atoms in total. The standard InChI is InChI=1S/C13H18BrFO3/c1-3-7-17-13(16-4-2)9-18-12-8-10(14)5-6-11(12)15/h5-6,8,13H,3-4,7,9H2,1-2H3. The number of rotatable bonds is 8. The zero-order chi connectivity index (χ0) is 13.4. The van der Waals surface area contributed by atoms with Crippen molar-refractivity contribution in [3.05, 3.63) is 28.5 Å². The van der Waals surface area contributed by atoms with Crippen LogP contribution < -0.4 is 4.74 Å². The largest absolute Gasteiger partial charge is 0.485 e. The van der Waals surface area contributed by atoms with Gasteiger partial charge < -0.3 is 14.2 Å². The molecule has 1 rings (SSSR count). The lowest BCUT2D eigenvalue weighted by atomic mass is 10.3. The molecule has 0 N–H and O–H groups in total. The van der Waals surface area contributed by atoms with E-state index in [0.717, 1.165) is 10.9 Å². The molecular weight excluding hydrogens is 303 g/mol. The Balaban J connectivity index is 2.52. The third-order valence-electron chi connectivity index (χ3n) is 2.13. The van der Waals surface area contributed by atoms with E-state index in [-0.39, 0.29) is 12.4 Å². The van der Waals surface area contributed by atoms with Gasteiger partial charge in [-0.2, -0.15) is 0 Å². The van der Waals surface area contributed by atoms with Crippen LogP contribution in [0.2, 0.25) is 0 Å². The van der Waals surface area contributed by atoms with Gasteiger partial charge in [0.2, 0.25) is 0 Å². The van der Waals surface area contributed by atoms with E-state index in [4.69, 9.17) is 14.2 Å². The smallest absolute Gasteiger partial charge is 0.191 e. The van der Waals surface area contributed by atoms with Crippen LogP contribution in [0.1, 0.15) is 20.3 Å². The Labute approximate surface area is 115 Å². The van der Waals surface area contributed by atoms with Gasteiger partial charge in [-0.15, -0.1) is 0 Å². The highest BCUT2D eigenvalue weighted by atomic mass is 79.9. The first kappa shape index (κ1) is 15.4. The van der Waals surface area contributed by atoms with Crippen molar-refractivity contribution < 1.29 is 18.6 Å². The molecule has 0 heterocycles. The molecule has 0 radical (unpaired) electrons. The van der Waals surface area contributed by atoms with Crippen LogP contribution in [0.3, 0.4) is 0 Å². The van der Waals surface area contributed by atoms with Gasteiger partial charge in [0.1, 0.15) is 6.61 Å². The molecule has 1 unspecified atom stereocenters. The maximum Gasteiger partial charge on any atom is 0.191 e. The maximum absolute atomic E-state index is 13.4. The Morgan fingerprint density at radius 2 is 2.06 bits per heavy atom. The Kier molecular flexibility index (Phi) is 7.23. The first-order valence-corrected chi connectivity index (χ1v) is 6.77. The van der Waals surface area contributed by atoms with E-state index in [1.807, 2.05) is 13.8 Å². The van der Waals surface area contributed by atoms with Crippen LogP contribution in [-0.2, 0) is 9.47 Å². The average molecular weight is 321 g/mol. The monoisotopic (exact) mass is 320 g/mol. The summed E-state index contributed by atoms with van der Waals surface area (Å²) in [6, 6.07) is 4.55. The Hall–Kier alpha value is -0.650. The summed E-state index contributed by atoms with van der Waals surface area (Å²) in [6.45, 7) is 5.18. The highest BCUT2D eigenvalue weighted by molar-refractivity contribution is 9.10. The predicted octanol–water partition coefficient (Wildman–Crippen LogP) is 3.76. The van der Waals surface area contributed by atoms with Gasteiger partial charge in [0.25, 0.3) is 0 Å². The van der Waals surface area contributed by atoms with Crippen LogP contribution >= 0.6 is 15.9 Å². The summed E-state index contributed by atoms with van der Waals surface area (Å²) in [5.74, 6) is -0.210. The van der Waals surface area contributed by atoms with Gasteiger partial charge in [0.15, 0.2) is 17.9 Å². The van der Waals surface area contributed by atoms with Crippen molar-refractivity contribution in [3.63, 3.8) is 0 Å². The fraction of sp³-hybridized carbons (Fsp3) is 0.538. The van der Waals surface area contributed by atoms with Crippen molar-refractivity contribution in [2.45, 2.75) is 26.6 Å². The fourth-order valence-corrected chi connectivity index (χ4v) is 1.67. The Morgan fingerprint density at radius 3 is 2.72 bits per heavy atom. The Morgan fingerprint density at radius 1 is 1.28 bits per heavy atom. The van der Waals surface area contributed by atoms with Crippen LogP contribution in [0.4, 0.5) is 4.39 Å². The number of hydrogen-bond acceptors (Lipinski definition) is 3. The molecule has 0 bridgehead atoms. The molecule has 0 spiro atoms. The van der Waals surface area contributed by atoms with Gasteiger partial charge in [-0.05, 0) is 31.5 Å². The van der Waals surface area contributed by atoms with E-state index in [1.165, 1.54) is 6.07 Å². The normalized spacial score (nSPS) is 12.4. The van der Waals surface area contributed by atoms with E-state index in [2.05, 4.69) is 15.9 Å². The van der Waals surface area contributed by atoms with Crippen molar-refractivity contribution in [1.82, 2.24) is 0 Å². The molecule has 0 saturated carbocycles. The van der Waals surface area contributed by atoms with Crippen LogP contribution in [0.5, 0.6) is 5.75 Å². The first-order chi connectivity index (χ1) is 8.67. The van der Waals surface area contributed by atoms with Crippen molar-refractivity contribution >= 4 is 15.9 Å². The van der Waals surface area contributed by atoms with Crippen LogP contribution in [-0.4, -0.2) is 26.1 Å².